The Morgan fingerprint density at radius 1 is 1.15 bits per heavy atom. The SMILES string of the molecule is Cc1ccc(-c2cn(CCC(=O)O)nn2)cc1.NCCCNc1n[nH]c(=O)c2ccccc12. The highest BCUT2D eigenvalue weighted by atomic mass is 16.4. The number of carbonyl (C=O) groups is 1. The largest absolute Gasteiger partial charge is 0.481 e. The molecule has 10 heteroatoms. The number of nitrogens with two attached hydrogens (primary N) is 1. The molecule has 2 aromatic heterocycles. The molecule has 0 aliphatic rings. The number of nitrogens with one attached hydrogen (secondary N) is 2. The summed E-state index contributed by atoms with van der Waals surface area (Å²) < 4.78 is 1.54. The van der Waals surface area contributed by atoms with Crippen LogP contribution in [-0.2, 0) is 11.3 Å². The monoisotopic (exact) mass is 449 g/mol. The number of aryl methyl sites for hydroxylation is 2. The van der Waals surface area contributed by atoms with Crippen LogP contribution in [0.15, 0.2) is 59.5 Å². The van der Waals surface area contributed by atoms with Crippen molar-refractivity contribution in [2.75, 3.05) is 18.4 Å². The number of carboxylic acids is 1. The highest BCUT2D eigenvalue weighted by Crippen LogP contribution is 2.17. The Kier molecular flexibility index (Phi) is 8.25. The molecule has 0 fully saturated rings. The molecule has 0 unspecified atom stereocenters. The van der Waals surface area contributed by atoms with Gasteiger partial charge in [-0.15, -0.1) is 5.10 Å². The lowest BCUT2D eigenvalue weighted by molar-refractivity contribution is -0.137. The second-order valence-electron chi connectivity index (χ2n) is 7.39. The normalized spacial score (nSPS) is 10.5. The third-order valence-corrected chi connectivity index (χ3v) is 4.81. The summed E-state index contributed by atoms with van der Waals surface area (Å²) in [6.45, 7) is 3.75. The number of hydrogen-bond donors (Lipinski definition) is 4. The molecular formula is C23H27N7O3. The molecule has 0 aliphatic carbocycles. The van der Waals surface area contributed by atoms with Crippen molar-refractivity contribution in [3.8, 4) is 11.3 Å². The highest BCUT2D eigenvalue weighted by molar-refractivity contribution is 5.90. The van der Waals surface area contributed by atoms with Gasteiger partial charge in [0.15, 0.2) is 5.82 Å². The van der Waals surface area contributed by atoms with Crippen molar-refractivity contribution in [3.63, 3.8) is 0 Å². The number of carboxylic acid groups (broad SMARTS) is 1. The number of aromatic nitrogens is 5. The van der Waals surface area contributed by atoms with Crippen molar-refractivity contribution in [1.82, 2.24) is 25.2 Å². The molecule has 2 heterocycles. The van der Waals surface area contributed by atoms with Crippen molar-refractivity contribution in [1.29, 1.82) is 0 Å². The van der Waals surface area contributed by atoms with Gasteiger partial charge in [0.05, 0.1) is 24.5 Å². The van der Waals surface area contributed by atoms with Crippen LogP contribution >= 0.6 is 0 Å². The van der Waals surface area contributed by atoms with Crippen LogP contribution in [0.25, 0.3) is 22.0 Å². The van der Waals surface area contributed by atoms with E-state index in [4.69, 9.17) is 10.8 Å². The van der Waals surface area contributed by atoms with E-state index in [0.29, 0.717) is 24.3 Å². The van der Waals surface area contributed by atoms with Crippen LogP contribution in [0.1, 0.15) is 18.4 Å². The number of rotatable bonds is 8. The molecule has 4 rings (SSSR count). The quantitative estimate of drug-likeness (QED) is 0.299. The summed E-state index contributed by atoms with van der Waals surface area (Å²) >= 11 is 0. The molecule has 0 bridgehead atoms. The van der Waals surface area contributed by atoms with Gasteiger partial charge in [-0.05, 0) is 26.0 Å². The van der Waals surface area contributed by atoms with E-state index in [0.717, 1.165) is 29.6 Å². The van der Waals surface area contributed by atoms with Gasteiger partial charge in [-0.2, -0.15) is 5.10 Å². The van der Waals surface area contributed by atoms with Crippen LogP contribution in [0.4, 0.5) is 5.82 Å². The minimum Gasteiger partial charge on any atom is -0.481 e. The van der Waals surface area contributed by atoms with Crippen LogP contribution in [0.3, 0.4) is 0 Å². The third kappa shape index (κ3) is 6.71. The molecule has 0 amide bonds. The van der Waals surface area contributed by atoms with E-state index in [2.05, 4.69) is 25.8 Å². The number of benzene rings is 2. The molecule has 10 nitrogen and oxygen atoms in total. The maximum atomic E-state index is 11.5. The zero-order valence-electron chi connectivity index (χ0n) is 18.4. The Balaban J connectivity index is 0.000000186. The predicted molar refractivity (Wildman–Crippen MR) is 127 cm³/mol. The van der Waals surface area contributed by atoms with Crippen LogP contribution in [0.5, 0.6) is 0 Å². The molecule has 0 aliphatic heterocycles. The zero-order valence-corrected chi connectivity index (χ0v) is 18.4. The van der Waals surface area contributed by atoms with Gasteiger partial charge in [0, 0.05) is 17.5 Å². The number of H-pyrrole nitrogens is 1. The Morgan fingerprint density at radius 2 is 1.88 bits per heavy atom. The topological polar surface area (TPSA) is 152 Å². The summed E-state index contributed by atoms with van der Waals surface area (Å²) in [6, 6.07) is 15.3. The fourth-order valence-electron chi connectivity index (χ4n) is 3.03. The number of aliphatic carboxylic acids is 1. The number of anilines is 1. The van der Waals surface area contributed by atoms with Crippen molar-refractivity contribution >= 4 is 22.6 Å². The first kappa shape index (κ1) is 23.6. The van der Waals surface area contributed by atoms with Crippen molar-refractivity contribution in [3.05, 3.63) is 70.6 Å². The minimum absolute atomic E-state index is 0.0523. The van der Waals surface area contributed by atoms with E-state index in [9.17, 15) is 9.59 Å². The smallest absolute Gasteiger partial charge is 0.305 e. The first-order valence-electron chi connectivity index (χ1n) is 10.6. The molecule has 2 aromatic carbocycles. The first-order valence-corrected chi connectivity index (χ1v) is 10.6. The van der Waals surface area contributed by atoms with Gasteiger partial charge in [-0.1, -0.05) is 53.2 Å². The third-order valence-electron chi connectivity index (χ3n) is 4.81. The molecule has 33 heavy (non-hydrogen) atoms. The number of aromatic amines is 1. The number of nitrogens with zero attached hydrogens (tertiary/aromatic N) is 4. The molecule has 0 atom stereocenters. The van der Waals surface area contributed by atoms with Gasteiger partial charge in [0.25, 0.3) is 5.56 Å². The van der Waals surface area contributed by atoms with E-state index in [1.807, 2.05) is 49.4 Å². The average Bonchev–Trinajstić information content (AvgIpc) is 3.30. The van der Waals surface area contributed by atoms with Crippen LogP contribution in [-0.4, -0.2) is 49.4 Å². The van der Waals surface area contributed by atoms with Crippen LogP contribution in [0.2, 0.25) is 0 Å². The Labute approximate surface area is 190 Å². The lowest BCUT2D eigenvalue weighted by Gasteiger charge is -2.06. The first-order chi connectivity index (χ1) is 16.0. The summed E-state index contributed by atoms with van der Waals surface area (Å²) in [5.74, 6) is -0.138. The van der Waals surface area contributed by atoms with Gasteiger partial charge in [0.1, 0.15) is 5.69 Å². The minimum atomic E-state index is -0.836. The Hall–Kier alpha value is -4.05. The van der Waals surface area contributed by atoms with Gasteiger partial charge < -0.3 is 16.2 Å². The van der Waals surface area contributed by atoms with E-state index in [1.54, 1.807) is 16.9 Å². The Bertz CT molecular complexity index is 1250. The molecule has 0 radical (unpaired) electrons. The molecule has 5 N–H and O–H groups in total. The molecule has 0 saturated carbocycles. The van der Waals surface area contributed by atoms with Crippen molar-refractivity contribution in [2.45, 2.75) is 26.3 Å². The fourth-order valence-corrected chi connectivity index (χ4v) is 3.03. The second-order valence-corrected chi connectivity index (χ2v) is 7.39. The molecule has 0 saturated heterocycles. The van der Waals surface area contributed by atoms with Gasteiger partial charge in [-0.3, -0.25) is 14.3 Å². The lowest BCUT2D eigenvalue weighted by Crippen LogP contribution is -2.14. The summed E-state index contributed by atoms with van der Waals surface area (Å²) in [4.78, 5) is 21.9. The molecule has 4 aromatic rings. The Morgan fingerprint density at radius 3 is 2.58 bits per heavy atom. The average molecular weight is 450 g/mol. The maximum absolute atomic E-state index is 11.5. The van der Waals surface area contributed by atoms with Crippen molar-refractivity contribution < 1.29 is 9.90 Å². The number of fused-ring (bicyclic) bond motifs is 1. The summed E-state index contributed by atoms with van der Waals surface area (Å²) in [7, 11) is 0. The zero-order chi connectivity index (χ0) is 23.6. The van der Waals surface area contributed by atoms with E-state index in [1.165, 1.54) is 5.56 Å². The van der Waals surface area contributed by atoms with E-state index < -0.39 is 5.97 Å². The maximum Gasteiger partial charge on any atom is 0.305 e. The van der Waals surface area contributed by atoms with Crippen LogP contribution in [0, 0.1) is 6.92 Å². The van der Waals surface area contributed by atoms with Gasteiger partial charge in [0.2, 0.25) is 0 Å². The van der Waals surface area contributed by atoms with Gasteiger partial charge >= 0.3 is 5.97 Å². The van der Waals surface area contributed by atoms with Crippen LogP contribution < -0.4 is 16.6 Å². The molecule has 172 valence electrons. The van der Waals surface area contributed by atoms with E-state index >= 15 is 0 Å². The van der Waals surface area contributed by atoms with Gasteiger partial charge in [-0.25, -0.2) is 5.10 Å². The van der Waals surface area contributed by atoms with Crippen molar-refractivity contribution in [2.24, 2.45) is 5.73 Å². The highest BCUT2D eigenvalue weighted by Gasteiger charge is 2.05. The molecular weight excluding hydrogens is 422 g/mol. The second kappa shape index (κ2) is 11.5. The van der Waals surface area contributed by atoms with E-state index in [-0.39, 0.29) is 12.0 Å². The summed E-state index contributed by atoms with van der Waals surface area (Å²) in [5.41, 5.74) is 8.17. The predicted octanol–water partition coefficient (Wildman–Crippen LogP) is 2.41. The standard InChI is InChI=1S/C12H13N3O2.C11H14N4O/c1-9-2-4-10(5-3-9)11-8-15(14-13-11)7-6-12(16)17;12-6-3-7-13-10-8-4-1-2-5-9(8)11(16)15-14-10/h2-5,8H,6-7H2,1H3,(H,16,17);1-2,4-5H,3,6-7,12H2,(H,13,14)(H,15,16). The number of hydrogen-bond acceptors (Lipinski definition) is 7. The molecule has 0 spiro atoms. The fraction of sp³-hybridized carbons (Fsp3) is 0.261. The summed E-state index contributed by atoms with van der Waals surface area (Å²) in [6.07, 6.45) is 2.68. The summed E-state index contributed by atoms with van der Waals surface area (Å²) in [5, 5.41) is 27.6. The lowest BCUT2D eigenvalue weighted by atomic mass is 10.1.